The van der Waals surface area contributed by atoms with Crippen molar-refractivity contribution < 1.29 is 4.79 Å². The fourth-order valence-electron chi connectivity index (χ4n) is 1.25. The van der Waals surface area contributed by atoms with Gasteiger partial charge in [-0.3, -0.25) is 10.3 Å². The normalized spacial score (nSPS) is 18.0. The Morgan fingerprint density at radius 3 is 2.71 bits per heavy atom. The molecule has 0 aromatic heterocycles. The van der Waals surface area contributed by atoms with Crippen LogP contribution in [-0.2, 0) is 6.54 Å². The summed E-state index contributed by atoms with van der Waals surface area (Å²) in [5.74, 6) is 0.707. The molecule has 0 spiro atoms. The second-order valence-corrected chi connectivity index (χ2v) is 3.06. The Labute approximate surface area is 82.0 Å². The van der Waals surface area contributed by atoms with Gasteiger partial charge in [0.1, 0.15) is 5.84 Å². The van der Waals surface area contributed by atoms with E-state index in [0.717, 1.165) is 5.56 Å². The molecule has 0 aliphatic carbocycles. The average Bonchev–Trinajstić information content (AvgIpc) is 2.63. The van der Waals surface area contributed by atoms with Crippen molar-refractivity contribution >= 4 is 11.9 Å². The van der Waals surface area contributed by atoms with E-state index in [1.165, 1.54) is 0 Å². The molecule has 1 aliphatic rings. The number of hydrogen-bond acceptors (Lipinski definition) is 2. The van der Waals surface area contributed by atoms with Gasteiger partial charge in [-0.05, 0) is 5.56 Å². The first-order valence-electron chi connectivity index (χ1n) is 4.47. The first-order chi connectivity index (χ1) is 6.84. The van der Waals surface area contributed by atoms with Gasteiger partial charge in [0.15, 0.2) is 0 Å². The summed E-state index contributed by atoms with van der Waals surface area (Å²) in [6, 6.07) is 9.76. The van der Waals surface area contributed by atoms with Crippen LogP contribution in [0.25, 0.3) is 0 Å². The van der Waals surface area contributed by atoms with E-state index < -0.39 is 0 Å². The number of amides is 2. The molecule has 4 nitrogen and oxygen atoms in total. The minimum absolute atomic E-state index is 0.170. The lowest BCUT2D eigenvalue weighted by Gasteiger charge is -1.96. The third-order valence-corrected chi connectivity index (χ3v) is 1.97. The van der Waals surface area contributed by atoms with Crippen LogP contribution in [0.3, 0.4) is 0 Å². The summed E-state index contributed by atoms with van der Waals surface area (Å²) in [5.41, 5.74) is 1.14. The van der Waals surface area contributed by atoms with E-state index in [1.54, 1.807) is 0 Å². The molecule has 2 rings (SSSR count). The summed E-state index contributed by atoms with van der Waals surface area (Å²) < 4.78 is 0. The molecule has 1 heterocycles. The highest BCUT2D eigenvalue weighted by molar-refractivity contribution is 6.04. The van der Waals surface area contributed by atoms with Crippen molar-refractivity contribution in [3.8, 4) is 0 Å². The molecule has 1 saturated heterocycles. The highest BCUT2D eigenvalue weighted by atomic mass is 16.2. The van der Waals surface area contributed by atoms with E-state index in [2.05, 4.69) is 15.6 Å². The van der Waals surface area contributed by atoms with Crippen LogP contribution < -0.4 is 10.6 Å². The maximum absolute atomic E-state index is 10.8. The van der Waals surface area contributed by atoms with E-state index in [-0.39, 0.29) is 6.03 Å². The molecule has 1 aromatic rings. The minimum atomic E-state index is -0.170. The quantitative estimate of drug-likeness (QED) is 0.713. The molecule has 2 amide bonds. The fraction of sp³-hybridized carbons (Fsp3) is 0.200. The molecule has 14 heavy (non-hydrogen) atoms. The molecule has 0 bridgehead atoms. The molecule has 1 aromatic carbocycles. The van der Waals surface area contributed by atoms with Gasteiger partial charge in [0.25, 0.3) is 0 Å². The van der Waals surface area contributed by atoms with Crippen LogP contribution in [0.1, 0.15) is 5.56 Å². The number of carbonyl (C=O) groups is 1. The largest absolute Gasteiger partial charge is 0.331 e. The lowest BCUT2D eigenvalue weighted by atomic mass is 10.2. The van der Waals surface area contributed by atoms with Gasteiger partial charge in [0.05, 0.1) is 13.1 Å². The van der Waals surface area contributed by atoms with Crippen molar-refractivity contribution in [1.82, 2.24) is 10.6 Å². The molecular formula is C10H11N3O. The zero-order valence-corrected chi connectivity index (χ0v) is 7.66. The SMILES string of the molecule is O=C1NCC(=NCc2ccccc2)N1. The van der Waals surface area contributed by atoms with E-state index >= 15 is 0 Å². The average molecular weight is 189 g/mol. The van der Waals surface area contributed by atoms with Crippen LogP contribution in [0.5, 0.6) is 0 Å². The number of amidine groups is 1. The Morgan fingerprint density at radius 2 is 2.07 bits per heavy atom. The number of urea groups is 1. The summed E-state index contributed by atoms with van der Waals surface area (Å²) in [5, 5.41) is 5.25. The Hall–Kier alpha value is -1.84. The summed E-state index contributed by atoms with van der Waals surface area (Å²) >= 11 is 0. The van der Waals surface area contributed by atoms with Gasteiger partial charge in [-0.1, -0.05) is 30.3 Å². The zero-order chi connectivity index (χ0) is 9.80. The Balaban J connectivity index is 1.97. The number of benzene rings is 1. The second-order valence-electron chi connectivity index (χ2n) is 3.06. The third-order valence-electron chi connectivity index (χ3n) is 1.97. The third kappa shape index (κ3) is 2.10. The molecule has 0 unspecified atom stereocenters. The van der Waals surface area contributed by atoms with Gasteiger partial charge in [-0.2, -0.15) is 0 Å². The van der Waals surface area contributed by atoms with E-state index in [4.69, 9.17) is 0 Å². The number of rotatable bonds is 2. The van der Waals surface area contributed by atoms with Gasteiger partial charge in [-0.15, -0.1) is 0 Å². The molecule has 0 radical (unpaired) electrons. The first kappa shape index (κ1) is 8.74. The zero-order valence-electron chi connectivity index (χ0n) is 7.66. The maximum Gasteiger partial charge on any atom is 0.320 e. The predicted octanol–water partition coefficient (Wildman–Crippen LogP) is 0.898. The number of carbonyl (C=O) groups excluding carboxylic acids is 1. The van der Waals surface area contributed by atoms with Crippen molar-refractivity contribution in [2.24, 2.45) is 4.99 Å². The predicted molar refractivity (Wildman–Crippen MR) is 54.1 cm³/mol. The second kappa shape index (κ2) is 3.91. The van der Waals surface area contributed by atoms with Gasteiger partial charge in [0.2, 0.25) is 0 Å². The summed E-state index contributed by atoms with van der Waals surface area (Å²) in [6.07, 6.45) is 0. The topological polar surface area (TPSA) is 53.5 Å². The molecular weight excluding hydrogens is 178 g/mol. The molecule has 0 atom stereocenters. The molecule has 72 valence electrons. The van der Waals surface area contributed by atoms with Crippen molar-refractivity contribution in [2.75, 3.05) is 6.54 Å². The first-order valence-corrected chi connectivity index (χ1v) is 4.47. The van der Waals surface area contributed by atoms with Crippen LogP contribution in [0.2, 0.25) is 0 Å². The van der Waals surface area contributed by atoms with Gasteiger partial charge >= 0.3 is 6.03 Å². The van der Waals surface area contributed by atoms with Crippen molar-refractivity contribution in [2.45, 2.75) is 6.54 Å². The Kier molecular flexibility index (Phi) is 2.44. The lowest BCUT2D eigenvalue weighted by Crippen LogP contribution is -2.22. The van der Waals surface area contributed by atoms with Crippen LogP contribution in [0.4, 0.5) is 4.79 Å². The van der Waals surface area contributed by atoms with Crippen molar-refractivity contribution in [3.63, 3.8) is 0 Å². The molecule has 4 heteroatoms. The van der Waals surface area contributed by atoms with Gasteiger partial charge in [-0.25, -0.2) is 4.79 Å². The van der Waals surface area contributed by atoms with Gasteiger partial charge < -0.3 is 5.32 Å². The minimum Gasteiger partial charge on any atom is -0.331 e. The summed E-state index contributed by atoms with van der Waals surface area (Å²) in [7, 11) is 0. The van der Waals surface area contributed by atoms with E-state index in [1.807, 2.05) is 30.3 Å². The smallest absolute Gasteiger partial charge is 0.320 e. The van der Waals surface area contributed by atoms with Crippen LogP contribution in [0.15, 0.2) is 35.3 Å². The van der Waals surface area contributed by atoms with Crippen LogP contribution in [-0.4, -0.2) is 18.4 Å². The fourth-order valence-corrected chi connectivity index (χ4v) is 1.25. The van der Waals surface area contributed by atoms with Gasteiger partial charge in [0, 0.05) is 0 Å². The molecule has 1 fully saturated rings. The highest BCUT2D eigenvalue weighted by Crippen LogP contribution is 2.00. The summed E-state index contributed by atoms with van der Waals surface area (Å²) in [6.45, 7) is 1.11. The van der Waals surface area contributed by atoms with Crippen molar-refractivity contribution in [3.05, 3.63) is 35.9 Å². The Bertz CT molecular complexity index is 359. The van der Waals surface area contributed by atoms with E-state index in [0.29, 0.717) is 18.9 Å². The number of aliphatic imine (C=N–C) groups is 1. The standard InChI is InChI=1S/C10H11N3O/c14-10-12-7-9(13-10)11-6-8-4-2-1-3-5-8/h1-5H,6-7H2,(H2,11,12,13,14). The Morgan fingerprint density at radius 1 is 1.29 bits per heavy atom. The highest BCUT2D eigenvalue weighted by Gasteiger charge is 2.12. The monoisotopic (exact) mass is 189 g/mol. The molecule has 0 saturated carbocycles. The van der Waals surface area contributed by atoms with E-state index in [9.17, 15) is 4.79 Å². The summed E-state index contributed by atoms with van der Waals surface area (Å²) in [4.78, 5) is 15.0. The lowest BCUT2D eigenvalue weighted by molar-refractivity contribution is 0.249. The molecule has 2 N–H and O–H groups in total. The number of nitrogens with zero attached hydrogens (tertiary/aromatic N) is 1. The van der Waals surface area contributed by atoms with Crippen molar-refractivity contribution in [1.29, 1.82) is 0 Å². The number of nitrogens with one attached hydrogen (secondary N) is 2. The molecule has 1 aliphatic heterocycles. The number of hydrogen-bond donors (Lipinski definition) is 2. The van der Waals surface area contributed by atoms with Crippen LogP contribution in [0, 0.1) is 0 Å². The maximum atomic E-state index is 10.8. The van der Waals surface area contributed by atoms with Crippen LogP contribution >= 0.6 is 0 Å².